The third-order valence-corrected chi connectivity index (χ3v) is 1.56. The maximum atomic E-state index is 10.3. The van der Waals surface area contributed by atoms with Crippen molar-refractivity contribution >= 4 is 5.97 Å². The number of nitrogens with zero attached hydrogens (tertiary/aromatic N) is 2. The number of hydrogen-bond donors (Lipinski definition) is 1. The number of carboxylic acids is 1. The van der Waals surface area contributed by atoms with Gasteiger partial charge in [-0.15, -0.1) is 0 Å². The average molecular weight is 154 g/mol. The van der Waals surface area contributed by atoms with Crippen molar-refractivity contribution in [3.05, 3.63) is 11.7 Å². The van der Waals surface area contributed by atoms with Gasteiger partial charge >= 0.3 is 5.97 Å². The van der Waals surface area contributed by atoms with Crippen molar-refractivity contribution in [2.24, 2.45) is 0 Å². The van der Waals surface area contributed by atoms with E-state index in [1.807, 2.05) is 0 Å². The van der Waals surface area contributed by atoms with E-state index in [-0.39, 0.29) is 5.82 Å². The molecule has 5 heteroatoms. The topological polar surface area (TPSA) is 76.2 Å². The van der Waals surface area contributed by atoms with Crippen molar-refractivity contribution in [2.45, 2.75) is 18.8 Å². The molecule has 1 aromatic rings. The minimum Gasteiger partial charge on any atom is -0.475 e. The van der Waals surface area contributed by atoms with E-state index in [4.69, 9.17) is 9.63 Å². The summed E-state index contributed by atoms with van der Waals surface area (Å²) in [6.45, 7) is 0. The van der Waals surface area contributed by atoms with E-state index in [9.17, 15) is 4.79 Å². The lowest BCUT2D eigenvalue weighted by Crippen LogP contribution is -1.98. The molecule has 0 bridgehead atoms. The van der Waals surface area contributed by atoms with Gasteiger partial charge in [0.15, 0.2) is 0 Å². The van der Waals surface area contributed by atoms with Crippen LogP contribution in [0.4, 0.5) is 0 Å². The van der Waals surface area contributed by atoms with Crippen LogP contribution in [-0.2, 0) is 0 Å². The van der Waals surface area contributed by atoms with E-state index in [0.717, 1.165) is 12.8 Å². The predicted octanol–water partition coefficient (Wildman–Crippen LogP) is 0.645. The number of carbonyl (C=O) groups is 1. The van der Waals surface area contributed by atoms with Crippen LogP contribution in [0.5, 0.6) is 0 Å². The van der Waals surface area contributed by atoms with Gasteiger partial charge in [-0.1, -0.05) is 0 Å². The highest BCUT2D eigenvalue weighted by atomic mass is 16.5. The molecule has 2 rings (SSSR count). The Hall–Kier alpha value is -1.39. The summed E-state index contributed by atoms with van der Waals surface area (Å²) in [6, 6.07) is 0. The smallest absolute Gasteiger partial charge is 0.377 e. The number of hydrogen-bond acceptors (Lipinski definition) is 4. The molecule has 1 aromatic heterocycles. The van der Waals surface area contributed by atoms with Gasteiger partial charge in [-0.2, -0.15) is 4.98 Å². The molecule has 1 N–H and O–H groups in total. The number of aromatic carboxylic acids is 1. The van der Waals surface area contributed by atoms with E-state index in [1.54, 1.807) is 0 Å². The van der Waals surface area contributed by atoms with Gasteiger partial charge in [0.1, 0.15) is 0 Å². The highest BCUT2D eigenvalue weighted by Crippen LogP contribution is 2.38. The zero-order chi connectivity index (χ0) is 7.84. The molecule has 0 saturated heterocycles. The van der Waals surface area contributed by atoms with Gasteiger partial charge in [0.2, 0.25) is 5.89 Å². The van der Waals surface area contributed by atoms with Gasteiger partial charge in [-0.3, -0.25) is 0 Å². The summed E-state index contributed by atoms with van der Waals surface area (Å²) < 4.78 is 4.71. The zero-order valence-corrected chi connectivity index (χ0v) is 5.65. The fourth-order valence-corrected chi connectivity index (χ4v) is 0.818. The summed E-state index contributed by atoms with van der Waals surface area (Å²) in [5.74, 6) is -0.606. The Bertz CT molecular complexity index is 290. The lowest BCUT2D eigenvalue weighted by atomic mass is 10.4. The Balaban J connectivity index is 2.25. The van der Waals surface area contributed by atoms with Crippen molar-refractivity contribution in [3.8, 4) is 0 Å². The molecule has 0 aromatic carbocycles. The van der Waals surface area contributed by atoms with Gasteiger partial charge < -0.3 is 9.63 Å². The molecule has 0 unspecified atom stereocenters. The highest BCUT2D eigenvalue weighted by molar-refractivity contribution is 5.82. The molecular weight excluding hydrogens is 148 g/mol. The monoisotopic (exact) mass is 154 g/mol. The molecule has 0 amide bonds. The van der Waals surface area contributed by atoms with Crippen molar-refractivity contribution in [3.63, 3.8) is 0 Å². The Morgan fingerprint density at radius 1 is 1.64 bits per heavy atom. The predicted molar refractivity (Wildman–Crippen MR) is 33.2 cm³/mol. The first kappa shape index (κ1) is 6.33. The molecule has 0 spiro atoms. The molecule has 0 radical (unpaired) electrons. The van der Waals surface area contributed by atoms with Crippen molar-refractivity contribution in [1.82, 2.24) is 10.1 Å². The normalized spacial score (nSPS) is 16.7. The molecule has 1 fully saturated rings. The standard InChI is InChI=1S/C6H6N2O3/c9-6(10)4-7-5(11-8-4)3-1-2-3/h3H,1-2H2,(H,9,10). The summed E-state index contributed by atoms with van der Waals surface area (Å²) in [7, 11) is 0. The fraction of sp³-hybridized carbons (Fsp3) is 0.500. The first-order valence-electron chi connectivity index (χ1n) is 3.34. The van der Waals surface area contributed by atoms with E-state index >= 15 is 0 Å². The van der Waals surface area contributed by atoms with Crippen LogP contribution in [0, 0.1) is 0 Å². The number of aromatic nitrogens is 2. The second kappa shape index (κ2) is 2.05. The third-order valence-electron chi connectivity index (χ3n) is 1.56. The van der Waals surface area contributed by atoms with Gasteiger partial charge in [-0.05, 0) is 18.0 Å². The van der Waals surface area contributed by atoms with Gasteiger partial charge in [-0.25, -0.2) is 4.79 Å². The van der Waals surface area contributed by atoms with Crippen molar-refractivity contribution in [1.29, 1.82) is 0 Å². The first-order chi connectivity index (χ1) is 5.27. The Morgan fingerprint density at radius 3 is 2.82 bits per heavy atom. The SMILES string of the molecule is O=C(O)c1noc(C2CC2)n1. The summed E-state index contributed by atoms with van der Waals surface area (Å²) in [4.78, 5) is 14.0. The summed E-state index contributed by atoms with van der Waals surface area (Å²) in [5.41, 5.74) is 0. The van der Waals surface area contributed by atoms with Gasteiger partial charge in [0.05, 0.1) is 0 Å². The first-order valence-corrected chi connectivity index (χ1v) is 3.34. The minimum atomic E-state index is -1.14. The maximum Gasteiger partial charge on any atom is 0.377 e. The van der Waals surface area contributed by atoms with Crippen molar-refractivity contribution < 1.29 is 14.4 Å². The molecule has 11 heavy (non-hydrogen) atoms. The molecule has 1 heterocycles. The lowest BCUT2D eigenvalue weighted by Gasteiger charge is -1.79. The number of carboxylic acid groups (broad SMARTS) is 1. The largest absolute Gasteiger partial charge is 0.475 e. The van der Waals surface area contributed by atoms with Crippen LogP contribution in [0.3, 0.4) is 0 Å². The zero-order valence-electron chi connectivity index (χ0n) is 5.65. The second-order valence-electron chi connectivity index (χ2n) is 2.54. The molecule has 58 valence electrons. The van der Waals surface area contributed by atoms with Crippen LogP contribution in [0.2, 0.25) is 0 Å². The fourth-order valence-electron chi connectivity index (χ4n) is 0.818. The lowest BCUT2D eigenvalue weighted by molar-refractivity contribution is 0.0680. The van der Waals surface area contributed by atoms with E-state index in [0.29, 0.717) is 11.8 Å². The van der Waals surface area contributed by atoms with Crippen LogP contribution in [0.25, 0.3) is 0 Å². The van der Waals surface area contributed by atoms with E-state index in [2.05, 4.69) is 10.1 Å². The molecule has 5 nitrogen and oxygen atoms in total. The molecule has 1 aliphatic carbocycles. The van der Waals surface area contributed by atoms with E-state index in [1.165, 1.54) is 0 Å². The quantitative estimate of drug-likeness (QED) is 0.676. The Morgan fingerprint density at radius 2 is 2.36 bits per heavy atom. The van der Waals surface area contributed by atoms with Crippen molar-refractivity contribution in [2.75, 3.05) is 0 Å². The van der Waals surface area contributed by atoms with Crippen LogP contribution in [0.1, 0.15) is 35.3 Å². The second-order valence-corrected chi connectivity index (χ2v) is 2.54. The average Bonchev–Trinajstić information content (AvgIpc) is 2.68. The summed E-state index contributed by atoms with van der Waals surface area (Å²) >= 11 is 0. The van der Waals surface area contributed by atoms with Gasteiger partial charge in [0.25, 0.3) is 5.82 Å². The van der Waals surface area contributed by atoms with Crippen LogP contribution >= 0.6 is 0 Å². The van der Waals surface area contributed by atoms with Crippen LogP contribution in [0.15, 0.2) is 4.52 Å². The van der Waals surface area contributed by atoms with Crippen LogP contribution < -0.4 is 0 Å². The summed E-state index contributed by atoms with van der Waals surface area (Å²) in [6.07, 6.45) is 2.06. The minimum absolute atomic E-state index is 0.244. The van der Waals surface area contributed by atoms with Gasteiger partial charge in [0, 0.05) is 5.92 Å². The molecule has 1 aliphatic rings. The third kappa shape index (κ3) is 1.09. The number of rotatable bonds is 2. The maximum absolute atomic E-state index is 10.3. The Labute approximate surface area is 62.0 Å². The van der Waals surface area contributed by atoms with E-state index < -0.39 is 5.97 Å². The molecule has 0 aliphatic heterocycles. The van der Waals surface area contributed by atoms with Crippen LogP contribution in [-0.4, -0.2) is 21.2 Å². The highest BCUT2D eigenvalue weighted by Gasteiger charge is 2.30. The Kier molecular flexibility index (Phi) is 1.18. The molecular formula is C6H6N2O3. The molecule has 0 atom stereocenters. The molecule has 1 saturated carbocycles. The summed E-state index contributed by atoms with van der Waals surface area (Å²) in [5, 5.41) is 11.7.